The molecule has 0 bridgehead atoms. The number of benzene rings is 1. The van der Waals surface area contributed by atoms with E-state index in [4.69, 9.17) is 20.9 Å². The van der Waals surface area contributed by atoms with E-state index >= 15 is 0 Å². The summed E-state index contributed by atoms with van der Waals surface area (Å²) in [5, 5.41) is 2.86. The lowest BCUT2D eigenvalue weighted by atomic mass is 10.1. The zero-order valence-corrected chi connectivity index (χ0v) is 16.5. The van der Waals surface area contributed by atoms with Crippen LogP contribution in [0.5, 0.6) is 11.5 Å². The largest absolute Gasteiger partial charge is 0.496 e. The molecule has 0 aliphatic heterocycles. The first kappa shape index (κ1) is 23.0. The molecule has 1 atom stereocenters. The molecule has 0 fully saturated rings. The Morgan fingerprint density at radius 3 is 2.50 bits per heavy atom. The average Bonchev–Trinajstić information content (AvgIpc) is 2.55. The highest BCUT2D eigenvalue weighted by Crippen LogP contribution is 2.32. The quantitative estimate of drug-likeness (QED) is 0.499. The molecule has 5 N–H and O–H groups in total. The number of ether oxygens (including phenoxy) is 2. The molecule has 0 spiro atoms. The molecule has 0 heterocycles. The number of hydrogen-bond donors (Lipinski definition) is 3. The van der Waals surface area contributed by atoms with E-state index in [0.717, 1.165) is 34.4 Å². The van der Waals surface area contributed by atoms with Gasteiger partial charge in [-0.15, -0.1) is 12.4 Å². The smallest absolute Gasteiger partial charge is 0.236 e. The van der Waals surface area contributed by atoms with Crippen molar-refractivity contribution >= 4 is 34.2 Å². The Labute approximate surface area is 158 Å². The number of carbonyl (C=O) groups is 1. The lowest BCUT2D eigenvalue weighted by Gasteiger charge is -2.14. The van der Waals surface area contributed by atoms with Crippen molar-refractivity contribution in [3.8, 4) is 11.5 Å². The first-order valence-corrected chi connectivity index (χ1v) is 8.46. The van der Waals surface area contributed by atoms with Gasteiger partial charge in [-0.2, -0.15) is 0 Å². The van der Waals surface area contributed by atoms with Gasteiger partial charge in [0, 0.05) is 6.54 Å². The molecule has 6 nitrogen and oxygen atoms in total. The number of amides is 1. The third kappa shape index (κ3) is 7.25. The molecule has 0 radical (unpaired) electrons. The molecule has 1 rings (SSSR count). The highest BCUT2D eigenvalue weighted by Gasteiger charge is 2.13. The minimum atomic E-state index is -0.483. The fourth-order valence-electron chi connectivity index (χ4n) is 2.21. The summed E-state index contributed by atoms with van der Waals surface area (Å²) >= 11 is 3.42. The molecule has 1 unspecified atom stereocenters. The first-order valence-electron chi connectivity index (χ1n) is 7.67. The summed E-state index contributed by atoms with van der Waals surface area (Å²) in [7, 11) is 3.22. The second-order valence-electron chi connectivity index (χ2n) is 5.23. The van der Waals surface area contributed by atoms with E-state index in [1.165, 1.54) is 0 Å². The van der Waals surface area contributed by atoms with E-state index in [0.29, 0.717) is 25.9 Å². The van der Waals surface area contributed by atoms with Gasteiger partial charge < -0.3 is 26.3 Å². The van der Waals surface area contributed by atoms with Gasteiger partial charge in [-0.1, -0.05) is 6.42 Å². The Balaban J connectivity index is 0.00000529. The van der Waals surface area contributed by atoms with Gasteiger partial charge in [0.15, 0.2) is 0 Å². The SMILES string of the molecule is COc1cc(CCNC(=O)C(N)CCCCN)c(OC)cc1Br.Cl. The van der Waals surface area contributed by atoms with E-state index < -0.39 is 6.04 Å². The van der Waals surface area contributed by atoms with Crippen LogP contribution in [0.25, 0.3) is 0 Å². The third-order valence-corrected chi connectivity index (χ3v) is 4.17. The summed E-state index contributed by atoms with van der Waals surface area (Å²) < 4.78 is 11.5. The van der Waals surface area contributed by atoms with Crippen LogP contribution in [0.2, 0.25) is 0 Å². The van der Waals surface area contributed by atoms with Gasteiger partial charge in [0.05, 0.1) is 24.7 Å². The van der Waals surface area contributed by atoms with E-state index in [1.54, 1.807) is 14.2 Å². The van der Waals surface area contributed by atoms with Crippen LogP contribution in [0.4, 0.5) is 0 Å². The Kier molecular flexibility index (Phi) is 11.8. The third-order valence-electron chi connectivity index (χ3n) is 3.55. The summed E-state index contributed by atoms with van der Waals surface area (Å²) in [5.41, 5.74) is 12.2. The van der Waals surface area contributed by atoms with Crippen LogP contribution >= 0.6 is 28.3 Å². The normalized spacial score (nSPS) is 11.4. The second-order valence-corrected chi connectivity index (χ2v) is 6.08. The molecular weight excluding hydrogens is 398 g/mol. The molecule has 138 valence electrons. The van der Waals surface area contributed by atoms with Gasteiger partial charge in [0.1, 0.15) is 11.5 Å². The fraction of sp³-hybridized carbons (Fsp3) is 0.562. The van der Waals surface area contributed by atoms with Crippen molar-refractivity contribution in [3.63, 3.8) is 0 Å². The lowest BCUT2D eigenvalue weighted by Crippen LogP contribution is -2.41. The van der Waals surface area contributed by atoms with E-state index in [-0.39, 0.29) is 18.3 Å². The molecule has 1 aromatic rings. The minimum absolute atomic E-state index is 0. The first-order chi connectivity index (χ1) is 11.0. The van der Waals surface area contributed by atoms with Gasteiger partial charge in [-0.3, -0.25) is 4.79 Å². The minimum Gasteiger partial charge on any atom is -0.496 e. The Morgan fingerprint density at radius 1 is 1.25 bits per heavy atom. The summed E-state index contributed by atoms with van der Waals surface area (Å²) in [5.74, 6) is 1.34. The van der Waals surface area contributed by atoms with Crippen molar-refractivity contribution in [2.45, 2.75) is 31.7 Å². The Hall–Kier alpha value is -1.02. The average molecular weight is 425 g/mol. The highest BCUT2D eigenvalue weighted by atomic mass is 79.9. The maximum atomic E-state index is 11.9. The van der Waals surface area contributed by atoms with Crippen molar-refractivity contribution in [1.29, 1.82) is 0 Å². The Morgan fingerprint density at radius 2 is 1.92 bits per heavy atom. The van der Waals surface area contributed by atoms with Gasteiger partial charge in [-0.05, 0) is 59.4 Å². The van der Waals surface area contributed by atoms with E-state index in [2.05, 4.69) is 21.2 Å². The molecule has 0 saturated carbocycles. The van der Waals surface area contributed by atoms with Crippen molar-refractivity contribution in [2.24, 2.45) is 11.5 Å². The number of halogens is 2. The number of carbonyl (C=O) groups excluding carboxylic acids is 1. The molecule has 8 heteroatoms. The lowest BCUT2D eigenvalue weighted by molar-refractivity contribution is -0.122. The molecule has 0 saturated heterocycles. The van der Waals surface area contributed by atoms with Crippen LogP contribution in [0.3, 0.4) is 0 Å². The molecular formula is C16H27BrClN3O3. The summed E-state index contributed by atoms with van der Waals surface area (Å²) in [4.78, 5) is 11.9. The topological polar surface area (TPSA) is 99.6 Å². The number of nitrogens with one attached hydrogen (secondary N) is 1. The van der Waals surface area contributed by atoms with Crippen molar-refractivity contribution in [3.05, 3.63) is 22.2 Å². The van der Waals surface area contributed by atoms with E-state index in [1.807, 2.05) is 12.1 Å². The van der Waals surface area contributed by atoms with Crippen molar-refractivity contribution < 1.29 is 14.3 Å². The molecule has 1 aromatic carbocycles. The predicted octanol–water partition coefficient (Wildman–Crippen LogP) is 2.00. The van der Waals surface area contributed by atoms with Crippen LogP contribution in [-0.4, -0.2) is 39.3 Å². The molecule has 1 amide bonds. The number of rotatable bonds is 10. The maximum absolute atomic E-state index is 11.9. The van der Waals surface area contributed by atoms with Crippen LogP contribution in [0.15, 0.2) is 16.6 Å². The monoisotopic (exact) mass is 423 g/mol. The van der Waals surface area contributed by atoms with Crippen LogP contribution < -0.4 is 26.3 Å². The summed E-state index contributed by atoms with van der Waals surface area (Å²) in [6.45, 7) is 1.12. The second kappa shape index (κ2) is 12.4. The standard InChI is InChI=1S/C16H26BrN3O3.ClH/c1-22-14-10-12(17)15(23-2)9-11(14)6-8-20-16(21)13(19)5-3-4-7-18;/h9-10,13H,3-8,18-19H2,1-2H3,(H,20,21);1H. The molecule has 0 aliphatic carbocycles. The number of methoxy groups -OCH3 is 2. The number of unbranched alkanes of at least 4 members (excludes halogenated alkanes) is 1. The van der Waals surface area contributed by atoms with Crippen LogP contribution in [0, 0.1) is 0 Å². The zero-order valence-electron chi connectivity index (χ0n) is 14.1. The van der Waals surface area contributed by atoms with Gasteiger partial charge in [0.25, 0.3) is 0 Å². The molecule has 24 heavy (non-hydrogen) atoms. The number of hydrogen-bond acceptors (Lipinski definition) is 5. The van der Waals surface area contributed by atoms with Crippen molar-refractivity contribution in [1.82, 2.24) is 5.32 Å². The van der Waals surface area contributed by atoms with Crippen molar-refractivity contribution in [2.75, 3.05) is 27.3 Å². The maximum Gasteiger partial charge on any atom is 0.236 e. The van der Waals surface area contributed by atoms with Crippen LogP contribution in [0.1, 0.15) is 24.8 Å². The Bertz CT molecular complexity index is 518. The van der Waals surface area contributed by atoms with E-state index in [9.17, 15) is 4.79 Å². The van der Waals surface area contributed by atoms with Crippen LogP contribution in [-0.2, 0) is 11.2 Å². The highest BCUT2D eigenvalue weighted by molar-refractivity contribution is 9.10. The van der Waals surface area contributed by atoms with Gasteiger partial charge in [0.2, 0.25) is 5.91 Å². The molecule has 0 aromatic heterocycles. The van der Waals surface area contributed by atoms with Gasteiger partial charge >= 0.3 is 0 Å². The molecule has 0 aliphatic rings. The van der Waals surface area contributed by atoms with Gasteiger partial charge in [-0.25, -0.2) is 0 Å². The summed E-state index contributed by atoms with van der Waals surface area (Å²) in [6.07, 6.45) is 3.03. The summed E-state index contributed by atoms with van der Waals surface area (Å²) in [6, 6.07) is 3.27. The number of nitrogens with two attached hydrogens (primary N) is 2. The fourth-order valence-corrected chi connectivity index (χ4v) is 2.69. The zero-order chi connectivity index (χ0) is 17.2. The predicted molar refractivity (Wildman–Crippen MR) is 102 cm³/mol.